The molecule has 9 heteroatoms. The molecule has 164 valence electrons. The standard InChI is InChI=1S/C23H21N3O3S3/c27-22(17-5-3-13-26(15-17)32(28,29)21-8-4-14-30-21)24-18-11-9-16(10-12-18)23-25-19-6-1-2-7-20(19)31-23/h1-2,4,6-12,14,17H,3,5,13,15H2,(H,24,27). The molecule has 3 heterocycles. The van der Waals surface area contributed by atoms with E-state index in [4.69, 9.17) is 0 Å². The van der Waals surface area contributed by atoms with Crippen LogP contribution in [0.15, 0.2) is 70.3 Å². The molecule has 0 saturated carbocycles. The van der Waals surface area contributed by atoms with E-state index in [-0.39, 0.29) is 18.4 Å². The Kier molecular flexibility index (Phi) is 5.81. The number of thiophene rings is 1. The van der Waals surface area contributed by atoms with Gasteiger partial charge in [-0.1, -0.05) is 18.2 Å². The zero-order valence-electron chi connectivity index (χ0n) is 17.1. The van der Waals surface area contributed by atoms with Crippen molar-refractivity contribution in [3.63, 3.8) is 0 Å². The van der Waals surface area contributed by atoms with E-state index >= 15 is 0 Å². The Hall–Kier alpha value is -2.59. The number of hydrogen-bond donors (Lipinski definition) is 1. The van der Waals surface area contributed by atoms with Crippen molar-refractivity contribution < 1.29 is 13.2 Å². The van der Waals surface area contributed by atoms with Crippen molar-refractivity contribution in [2.24, 2.45) is 5.92 Å². The van der Waals surface area contributed by atoms with E-state index < -0.39 is 10.0 Å². The monoisotopic (exact) mass is 483 g/mol. The van der Waals surface area contributed by atoms with Crippen LogP contribution in [-0.4, -0.2) is 36.7 Å². The highest BCUT2D eigenvalue weighted by atomic mass is 32.2. The predicted octanol–water partition coefficient (Wildman–Crippen LogP) is 5.06. The van der Waals surface area contributed by atoms with Crippen LogP contribution in [0.2, 0.25) is 0 Å². The number of sulfonamides is 1. The number of anilines is 1. The van der Waals surface area contributed by atoms with Gasteiger partial charge in [0.25, 0.3) is 10.0 Å². The summed E-state index contributed by atoms with van der Waals surface area (Å²) < 4.78 is 28.5. The first-order valence-electron chi connectivity index (χ1n) is 10.3. The number of para-hydroxylation sites is 1. The normalized spacial score (nSPS) is 17.4. The lowest BCUT2D eigenvalue weighted by molar-refractivity contribution is -0.120. The van der Waals surface area contributed by atoms with Crippen LogP contribution in [0.4, 0.5) is 5.69 Å². The average Bonchev–Trinajstić information content (AvgIpc) is 3.50. The maximum Gasteiger partial charge on any atom is 0.252 e. The maximum absolute atomic E-state index is 12.9. The van der Waals surface area contributed by atoms with Crippen LogP contribution in [-0.2, 0) is 14.8 Å². The van der Waals surface area contributed by atoms with E-state index in [0.717, 1.165) is 20.8 Å². The van der Waals surface area contributed by atoms with Crippen LogP contribution in [0.3, 0.4) is 0 Å². The van der Waals surface area contributed by atoms with E-state index in [2.05, 4.69) is 16.4 Å². The second-order valence-corrected chi connectivity index (χ2v) is 11.8. The summed E-state index contributed by atoms with van der Waals surface area (Å²) in [5.41, 5.74) is 2.66. The van der Waals surface area contributed by atoms with Crippen molar-refractivity contribution >= 4 is 54.5 Å². The van der Waals surface area contributed by atoms with Gasteiger partial charge in [0.1, 0.15) is 9.22 Å². The molecule has 32 heavy (non-hydrogen) atoms. The molecule has 0 spiro atoms. The van der Waals surface area contributed by atoms with Gasteiger partial charge < -0.3 is 5.32 Å². The quantitative estimate of drug-likeness (QED) is 0.430. The van der Waals surface area contributed by atoms with E-state index in [0.29, 0.717) is 29.3 Å². The number of carbonyl (C=O) groups is 1. The summed E-state index contributed by atoms with van der Waals surface area (Å²) >= 11 is 2.84. The minimum absolute atomic E-state index is 0.149. The molecule has 4 aromatic rings. The van der Waals surface area contributed by atoms with Crippen LogP contribution in [0.25, 0.3) is 20.8 Å². The van der Waals surface area contributed by atoms with Gasteiger partial charge in [0.2, 0.25) is 5.91 Å². The zero-order chi connectivity index (χ0) is 22.1. The fourth-order valence-electron chi connectivity index (χ4n) is 3.85. The molecular weight excluding hydrogens is 462 g/mol. The van der Waals surface area contributed by atoms with E-state index in [9.17, 15) is 13.2 Å². The molecule has 1 aliphatic rings. The number of amides is 1. The Morgan fingerprint density at radius 1 is 1.06 bits per heavy atom. The lowest BCUT2D eigenvalue weighted by atomic mass is 9.98. The SMILES string of the molecule is O=C(Nc1ccc(-c2nc3ccccc3s2)cc1)C1CCCN(S(=O)(=O)c2cccs2)C1. The van der Waals surface area contributed by atoms with Gasteiger partial charge in [0.15, 0.2) is 0 Å². The summed E-state index contributed by atoms with van der Waals surface area (Å²) in [5.74, 6) is -0.522. The van der Waals surface area contributed by atoms with E-state index in [1.54, 1.807) is 28.8 Å². The van der Waals surface area contributed by atoms with Crippen molar-refractivity contribution in [2.45, 2.75) is 17.1 Å². The number of rotatable bonds is 5. The first kappa shape index (κ1) is 21.3. The largest absolute Gasteiger partial charge is 0.326 e. The molecule has 0 aliphatic carbocycles. The second kappa shape index (κ2) is 8.74. The molecule has 2 aromatic carbocycles. The molecule has 0 radical (unpaired) electrons. The fraction of sp³-hybridized carbons (Fsp3) is 0.217. The van der Waals surface area contributed by atoms with Crippen molar-refractivity contribution in [1.82, 2.24) is 9.29 Å². The topological polar surface area (TPSA) is 79.4 Å². The molecule has 1 aliphatic heterocycles. The number of nitrogens with one attached hydrogen (secondary N) is 1. The third-order valence-corrected chi connectivity index (χ3v) is 9.86. The minimum atomic E-state index is -3.54. The number of fused-ring (bicyclic) bond motifs is 1. The number of carbonyl (C=O) groups excluding carboxylic acids is 1. The molecule has 2 aromatic heterocycles. The molecule has 1 N–H and O–H groups in total. The number of aromatic nitrogens is 1. The van der Waals surface area contributed by atoms with Crippen molar-refractivity contribution in [3.05, 3.63) is 66.0 Å². The molecule has 1 unspecified atom stereocenters. The average molecular weight is 484 g/mol. The Bertz CT molecular complexity index is 1310. The van der Waals surface area contributed by atoms with Gasteiger partial charge in [-0.3, -0.25) is 4.79 Å². The summed E-state index contributed by atoms with van der Waals surface area (Å²) in [4.78, 5) is 17.5. The molecular formula is C23H21N3O3S3. The second-order valence-electron chi connectivity index (χ2n) is 7.69. The predicted molar refractivity (Wildman–Crippen MR) is 129 cm³/mol. The number of nitrogens with zero attached hydrogens (tertiary/aromatic N) is 2. The highest BCUT2D eigenvalue weighted by Crippen LogP contribution is 2.31. The molecule has 5 rings (SSSR count). The Morgan fingerprint density at radius 3 is 2.62 bits per heavy atom. The van der Waals surface area contributed by atoms with Crippen LogP contribution in [0, 0.1) is 5.92 Å². The van der Waals surface area contributed by atoms with Crippen LogP contribution >= 0.6 is 22.7 Å². The van der Waals surface area contributed by atoms with Gasteiger partial charge in [-0.25, -0.2) is 13.4 Å². The van der Waals surface area contributed by atoms with Crippen LogP contribution in [0.1, 0.15) is 12.8 Å². The van der Waals surface area contributed by atoms with Gasteiger partial charge in [0.05, 0.1) is 16.1 Å². The van der Waals surface area contributed by atoms with E-state index in [1.807, 2.05) is 42.5 Å². The number of benzene rings is 2. The lowest BCUT2D eigenvalue weighted by Crippen LogP contribution is -2.43. The molecule has 1 amide bonds. The van der Waals surface area contributed by atoms with Gasteiger partial charge in [-0.2, -0.15) is 4.31 Å². The van der Waals surface area contributed by atoms with Crippen molar-refractivity contribution in [1.29, 1.82) is 0 Å². The highest BCUT2D eigenvalue weighted by molar-refractivity contribution is 7.91. The third kappa shape index (κ3) is 4.21. The summed E-state index contributed by atoms with van der Waals surface area (Å²) in [6, 6.07) is 19.0. The maximum atomic E-state index is 12.9. The van der Waals surface area contributed by atoms with Crippen molar-refractivity contribution in [3.8, 4) is 10.6 Å². The zero-order valence-corrected chi connectivity index (χ0v) is 19.6. The third-order valence-electron chi connectivity index (χ3n) is 5.54. The Morgan fingerprint density at radius 2 is 1.88 bits per heavy atom. The highest BCUT2D eigenvalue weighted by Gasteiger charge is 2.33. The Balaban J connectivity index is 1.26. The first-order valence-corrected chi connectivity index (χ1v) is 13.4. The van der Waals surface area contributed by atoms with Gasteiger partial charge in [0, 0.05) is 24.3 Å². The number of piperidine rings is 1. The Labute approximate surface area is 194 Å². The summed E-state index contributed by atoms with van der Waals surface area (Å²) in [7, 11) is -3.54. The van der Waals surface area contributed by atoms with Gasteiger partial charge >= 0.3 is 0 Å². The molecule has 1 saturated heterocycles. The van der Waals surface area contributed by atoms with Gasteiger partial charge in [-0.05, 0) is 60.7 Å². The summed E-state index contributed by atoms with van der Waals surface area (Å²) in [6.45, 7) is 0.650. The number of thiazole rings is 1. The smallest absolute Gasteiger partial charge is 0.252 e. The summed E-state index contributed by atoms with van der Waals surface area (Å²) in [6.07, 6.45) is 1.34. The summed E-state index contributed by atoms with van der Waals surface area (Å²) in [5, 5.41) is 5.63. The van der Waals surface area contributed by atoms with Gasteiger partial charge in [-0.15, -0.1) is 22.7 Å². The lowest BCUT2D eigenvalue weighted by Gasteiger charge is -2.30. The van der Waals surface area contributed by atoms with E-state index in [1.165, 1.54) is 15.6 Å². The molecule has 0 bridgehead atoms. The molecule has 1 fully saturated rings. The first-order chi connectivity index (χ1) is 15.5. The number of hydrogen-bond acceptors (Lipinski definition) is 6. The van der Waals surface area contributed by atoms with Crippen molar-refractivity contribution in [2.75, 3.05) is 18.4 Å². The molecule has 1 atom stereocenters. The van der Waals surface area contributed by atoms with Crippen LogP contribution < -0.4 is 5.32 Å². The van der Waals surface area contributed by atoms with Crippen LogP contribution in [0.5, 0.6) is 0 Å². The minimum Gasteiger partial charge on any atom is -0.326 e. The fourth-order valence-corrected chi connectivity index (χ4v) is 7.49. The molecule has 6 nitrogen and oxygen atoms in total.